The standard InChI is InChI=1S/C45H87NO8/c1-3-5-7-9-11-13-15-17-19-20-21-22-24-26-28-30-32-34-39(48)38(37-53-45-44(52)43(51)42(50)40(36-47)54-45)46-41(49)35-33-31-29-27-25-23-18-16-14-12-10-8-6-4-2/h16,18,38-40,42-45,47-48,50-52H,3-15,17,19-37H2,1-2H3,(H,46,49)/b18-16+/t38-,39+,40+,42+,43?,44?,45+/m0/s1. The Hall–Kier alpha value is -1.07. The predicted molar refractivity (Wildman–Crippen MR) is 221 cm³/mol. The number of nitrogens with one attached hydrogen (secondary N) is 1. The van der Waals surface area contributed by atoms with Gasteiger partial charge in [0, 0.05) is 6.42 Å². The molecule has 1 aliphatic heterocycles. The molecule has 7 atom stereocenters. The first kappa shape index (κ1) is 50.9. The molecule has 1 rings (SSSR count). The molecule has 0 aromatic heterocycles. The number of allylic oxidation sites excluding steroid dienone is 2. The second kappa shape index (κ2) is 36.3. The fourth-order valence-electron chi connectivity index (χ4n) is 7.39. The fraction of sp³-hybridized carbons (Fsp3) is 0.933. The van der Waals surface area contributed by atoms with Gasteiger partial charge in [0.2, 0.25) is 5.91 Å². The first-order chi connectivity index (χ1) is 26.3. The lowest BCUT2D eigenvalue weighted by Gasteiger charge is -2.40. The van der Waals surface area contributed by atoms with E-state index in [9.17, 15) is 30.3 Å². The van der Waals surface area contributed by atoms with E-state index in [1.165, 1.54) is 135 Å². The number of aliphatic hydroxyl groups is 5. The van der Waals surface area contributed by atoms with Crippen molar-refractivity contribution < 1.29 is 39.8 Å². The minimum absolute atomic E-state index is 0.138. The minimum atomic E-state index is -1.55. The van der Waals surface area contributed by atoms with Gasteiger partial charge in [-0.25, -0.2) is 0 Å². The number of carbonyl (C=O) groups excluding carboxylic acids is 1. The zero-order valence-corrected chi connectivity index (χ0v) is 35.0. The van der Waals surface area contributed by atoms with Crippen LogP contribution in [0.5, 0.6) is 0 Å². The molecule has 1 aliphatic rings. The molecule has 54 heavy (non-hydrogen) atoms. The van der Waals surface area contributed by atoms with E-state index in [1.807, 2.05) is 0 Å². The van der Waals surface area contributed by atoms with Crippen LogP contribution >= 0.6 is 0 Å². The Bertz CT molecular complexity index is 858. The van der Waals surface area contributed by atoms with Crippen LogP contribution in [0, 0.1) is 0 Å². The molecule has 9 heteroatoms. The lowest BCUT2D eigenvalue weighted by atomic mass is 9.99. The Morgan fingerprint density at radius 2 is 1.04 bits per heavy atom. The van der Waals surface area contributed by atoms with E-state index in [-0.39, 0.29) is 12.5 Å². The molecule has 9 nitrogen and oxygen atoms in total. The Balaban J connectivity index is 2.33. The van der Waals surface area contributed by atoms with E-state index in [0.29, 0.717) is 12.8 Å². The van der Waals surface area contributed by atoms with Gasteiger partial charge in [-0.2, -0.15) is 0 Å². The highest BCUT2D eigenvalue weighted by molar-refractivity contribution is 5.76. The monoisotopic (exact) mass is 770 g/mol. The van der Waals surface area contributed by atoms with Gasteiger partial charge in [0.25, 0.3) is 0 Å². The molecule has 0 bridgehead atoms. The number of amides is 1. The predicted octanol–water partition coefficient (Wildman–Crippen LogP) is 9.34. The van der Waals surface area contributed by atoms with Gasteiger partial charge in [-0.3, -0.25) is 4.79 Å². The van der Waals surface area contributed by atoms with E-state index in [2.05, 4.69) is 31.3 Å². The lowest BCUT2D eigenvalue weighted by Crippen LogP contribution is -2.60. The highest BCUT2D eigenvalue weighted by Gasteiger charge is 2.44. The topological polar surface area (TPSA) is 149 Å². The zero-order chi connectivity index (χ0) is 39.5. The van der Waals surface area contributed by atoms with Crippen LogP contribution in [0.3, 0.4) is 0 Å². The maximum atomic E-state index is 12.9. The van der Waals surface area contributed by atoms with Crippen LogP contribution in [-0.2, 0) is 14.3 Å². The van der Waals surface area contributed by atoms with Gasteiger partial charge in [-0.15, -0.1) is 0 Å². The summed E-state index contributed by atoms with van der Waals surface area (Å²) in [5, 5.41) is 54.3. The molecule has 0 saturated carbocycles. The second-order valence-corrected chi connectivity index (χ2v) is 16.2. The number of carbonyl (C=O) groups is 1. The van der Waals surface area contributed by atoms with Crippen LogP contribution in [0.4, 0.5) is 0 Å². The third-order valence-corrected chi connectivity index (χ3v) is 11.1. The van der Waals surface area contributed by atoms with Crippen molar-refractivity contribution in [3.8, 4) is 0 Å². The van der Waals surface area contributed by atoms with E-state index >= 15 is 0 Å². The van der Waals surface area contributed by atoms with Crippen LogP contribution < -0.4 is 5.32 Å². The molecule has 320 valence electrons. The summed E-state index contributed by atoms with van der Waals surface area (Å²) >= 11 is 0. The molecule has 0 spiro atoms. The smallest absolute Gasteiger partial charge is 0.220 e. The van der Waals surface area contributed by atoms with Crippen LogP contribution in [0.2, 0.25) is 0 Å². The summed E-state index contributed by atoms with van der Waals surface area (Å²) in [5.41, 5.74) is 0. The molecule has 2 unspecified atom stereocenters. The van der Waals surface area contributed by atoms with Crippen LogP contribution in [0.1, 0.15) is 213 Å². The summed E-state index contributed by atoms with van der Waals surface area (Å²) in [7, 11) is 0. The highest BCUT2D eigenvalue weighted by Crippen LogP contribution is 2.23. The molecule has 1 fully saturated rings. The molecule has 1 amide bonds. The molecule has 0 aromatic rings. The molecule has 0 radical (unpaired) electrons. The second-order valence-electron chi connectivity index (χ2n) is 16.2. The van der Waals surface area contributed by atoms with E-state index in [1.54, 1.807) is 0 Å². The van der Waals surface area contributed by atoms with Crippen LogP contribution in [0.15, 0.2) is 12.2 Å². The number of ether oxygens (including phenoxy) is 2. The zero-order valence-electron chi connectivity index (χ0n) is 35.0. The Labute approximate surface area is 331 Å². The first-order valence-corrected chi connectivity index (χ1v) is 22.9. The number of hydrogen-bond donors (Lipinski definition) is 6. The van der Waals surface area contributed by atoms with Crippen molar-refractivity contribution in [2.45, 2.75) is 256 Å². The van der Waals surface area contributed by atoms with Crippen molar-refractivity contribution in [3.05, 3.63) is 12.2 Å². The fourth-order valence-corrected chi connectivity index (χ4v) is 7.39. The Morgan fingerprint density at radius 1 is 0.611 bits per heavy atom. The summed E-state index contributed by atoms with van der Waals surface area (Å²) in [6.45, 7) is 3.82. The molecule has 0 aliphatic carbocycles. The summed E-state index contributed by atoms with van der Waals surface area (Å²) in [6.07, 6.45) is 33.5. The van der Waals surface area contributed by atoms with Gasteiger partial charge >= 0.3 is 0 Å². The molecule has 1 saturated heterocycles. The third-order valence-electron chi connectivity index (χ3n) is 11.1. The number of aliphatic hydroxyl groups excluding tert-OH is 5. The third kappa shape index (κ3) is 26.7. The van der Waals surface area contributed by atoms with Gasteiger partial charge in [0.15, 0.2) is 6.29 Å². The number of rotatable bonds is 38. The minimum Gasteiger partial charge on any atom is -0.394 e. The van der Waals surface area contributed by atoms with Crippen molar-refractivity contribution in [1.29, 1.82) is 0 Å². The van der Waals surface area contributed by atoms with E-state index < -0.39 is 49.5 Å². The van der Waals surface area contributed by atoms with Gasteiger partial charge in [0.1, 0.15) is 24.4 Å². The number of hydrogen-bond acceptors (Lipinski definition) is 8. The van der Waals surface area contributed by atoms with Crippen molar-refractivity contribution in [2.24, 2.45) is 0 Å². The molecular weight excluding hydrogens is 682 g/mol. The van der Waals surface area contributed by atoms with Crippen molar-refractivity contribution >= 4 is 5.91 Å². The summed E-state index contributed by atoms with van der Waals surface area (Å²) in [4.78, 5) is 12.9. The van der Waals surface area contributed by atoms with Gasteiger partial charge in [-0.05, 0) is 38.5 Å². The van der Waals surface area contributed by atoms with Gasteiger partial charge in [-0.1, -0.05) is 180 Å². The molecule has 1 heterocycles. The normalized spacial score (nSPS) is 21.5. The highest BCUT2D eigenvalue weighted by atomic mass is 16.7. The first-order valence-electron chi connectivity index (χ1n) is 22.9. The number of unbranched alkanes of at least 4 members (excludes halogenated alkanes) is 26. The molecule has 6 N–H and O–H groups in total. The van der Waals surface area contributed by atoms with Crippen LogP contribution in [-0.4, -0.2) is 87.5 Å². The summed E-state index contributed by atoms with van der Waals surface area (Å²) in [5.74, 6) is -0.152. The average molecular weight is 770 g/mol. The quantitative estimate of drug-likeness (QED) is 0.0269. The van der Waals surface area contributed by atoms with E-state index in [0.717, 1.165) is 51.4 Å². The van der Waals surface area contributed by atoms with Crippen molar-refractivity contribution in [1.82, 2.24) is 5.32 Å². The average Bonchev–Trinajstić information content (AvgIpc) is 3.17. The van der Waals surface area contributed by atoms with Gasteiger partial charge in [0.05, 0.1) is 25.4 Å². The van der Waals surface area contributed by atoms with Crippen LogP contribution in [0.25, 0.3) is 0 Å². The largest absolute Gasteiger partial charge is 0.394 e. The van der Waals surface area contributed by atoms with E-state index in [4.69, 9.17) is 9.47 Å². The summed E-state index contributed by atoms with van der Waals surface area (Å²) < 4.78 is 11.2. The Morgan fingerprint density at radius 3 is 1.50 bits per heavy atom. The maximum Gasteiger partial charge on any atom is 0.220 e. The summed E-state index contributed by atoms with van der Waals surface area (Å²) in [6, 6.07) is -0.718. The lowest BCUT2D eigenvalue weighted by molar-refractivity contribution is -0.302. The molecule has 0 aromatic carbocycles. The van der Waals surface area contributed by atoms with Crippen molar-refractivity contribution in [2.75, 3.05) is 13.2 Å². The maximum absolute atomic E-state index is 12.9. The SMILES string of the molecule is CCCCCCC/C=C/CCCCCCCC(=O)N[C@@H](CO[C@@H]1O[C@H](CO)[C@@H](O)C(O)C1O)[C@H](O)CCCCCCCCCCCCCCCCCCC. The van der Waals surface area contributed by atoms with Gasteiger partial charge < -0.3 is 40.3 Å². The molecular formula is C45H87NO8. The Kier molecular flexibility index (Phi) is 34.2. The van der Waals surface area contributed by atoms with Crippen molar-refractivity contribution in [3.63, 3.8) is 0 Å².